The second-order valence-corrected chi connectivity index (χ2v) is 8.38. The lowest BCUT2D eigenvalue weighted by molar-refractivity contribution is 0.576. The summed E-state index contributed by atoms with van der Waals surface area (Å²) in [6.07, 6.45) is 5.12. The van der Waals surface area contributed by atoms with Crippen molar-refractivity contribution in [3.63, 3.8) is 0 Å². The maximum atomic E-state index is 11.1. The lowest BCUT2D eigenvalue weighted by Gasteiger charge is -2.06. The average molecular weight is 443 g/mol. The Bertz CT molecular complexity index is 965. The van der Waals surface area contributed by atoms with Crippen molar-refractivity contribution in [2.24, 2.45) is 4.36 Å². The van der Waals surface area contributed by atoms with Gasteiger partial charge in [-0.3, -0.25) is 4.98 Å². The van der Waals surface area contributed by atoms with Gasteiger partial charge in [-0.05, 0) is 42.8 Å². The molecule has 0 fully saturated rings. The van der Waals surface area contributed by atoms with E-state index in [2.05, 4.69) is 25.8 Å². The SMILES string of the molecule is Cl.Nc1sc(C(CCCCc2cccs2)N=S(=O)=O)nc1-c1ccccn1. The molecule has 1 unspecified atom stereocenters. The molecule has 0 spiro atoms. The van der Waals surface area contributed by atoms with Crippen LogP contribution in [0.4, 0.5) is 5.00 Å². The Balaban J connectivity index is 0.00000261. The quantitative estimate of drug-likeness (QED) is 0.505. The molecule has 2 N–H and O–H groups in total. The van der Waals surface area contributed by atoms with Gasteiger partial charge in [-0.1, -0.05) is 29.9 Å². The second-order valence-electron chi connectivity index (χ2n) is 5.64. The van der Waals surface area contributed by atoms with Gasteiger partial charge >= 0.3 is 10.5 Å². The molecule has 144 valence electrons. The smallest absolute Gasteiger partial charge is 0.311 e. The van der Waals surface area contributed by atoms with Crippen LogP contribution in [0.3, 0.4) is 0 Å². The summed E-state index contributed by atoms with van der Waals surface area (Å²) in [6, 6.07) is 9.16. The fourth-order valence-corrected chi connectivity index (χ4v) is 4.74. The number of thiazole rings is 1. The highest BCUT2D eigenvalue weighted by Crippen LogP contribution is 2.35. The van der Waals surface area contributed by atoms with Crippen LogP contribution in [0.5, 0.6) is 0 Å². The minimum Gasteiger partial charge on any atom is -0.389 e. The third kappa shape index (κ3) is 6.10. The molecule has 3 heterocycles. The van der Waals surface area contributed by atoms with Gasteiger partial charge in [0.05, 0.1) is 5.69 Å². The highest BCUT2D eigenvalue weighted by molar-refractivity contribution is 7.61. The first-order valence-electron chi connectivity index (χ1n) is 8.13. The summed E-state index contributed by atoms with van der Waals surface area (Å²) in [6.45, 7) is 0. The molecule has 0 aliphatic rings. The van der Waals surface area contributed by atoms with Crippen molar-refractivity contribution < 1.29 is 8.42 Å². The summed E-state index contributed by atoms with van der Waals surface area (Å²) < 4.78 is 26.1. The number of unbranched alkanes of at least 4 members (excludes halogenated alkanes) is 1. The number of aromatic nitrogens is 2. The maximum Gasteiger partial charge on any atom is 0.311 e. The van der Waals surface area contributed by atoms with E-state index in [1.807, 2.05) is 24.3 Å². The molecule has 3 rings (SSSR count). The van der Waals surface area contributed by atoms with Gasteiger partial charge in [0, 0.05) is 11.1 Å². The molecule has 3 aromatic heterocycles. The third-order valence-electron chi connectivity index (χ3n) is 3.81. The zero-order valence-corrected chi connectivity index (χ0v) is 17.6. The normalized spacial score (nSPS) is 11.6. The molecule has 0 bridgehead atoms. The number of hydrogen-bond acceptors (Lipinski definition) is 8. The fraction of sp³-hybridized carbons (Fsp3) is 0.294. The molecular weight excluding hydrogens is 424 g/mol. The van der Waals surface area contributed by atoms with E-state index in [1.54, 1.807) is 17.5 Å². The van der Waals surface area contributed by atoms with Crippen molar-refractivity contribution >= 4 is 50.6 Å². The first kappa shape index (κ1) is 21.5. The van der Waals surface area contributed by atoms with Crippen LogP contribution in [-0.2, 0) is 16.9 Å². The van der Waals surface area contributed by atoms with E-state index < -0.39 is 16.5 Å². The second kappa shape index (κ2) is 10.5. The minimum absolute atomic E-state index is 0. The number of hydrogen-bond donors (Lipinski definition) is 1. The third-order valence-corrected chi connectivity index (χ3v) is 6.16. The predicted octanol–water partition coefficient (Wildman–Crippen LogP) is 4.79. The Kier molecular flexibility index (Phi) is 8.36. The van der Waals surface area contributed by atoms with Crippen LogP contribution < -0.4 is 5.73 Å². The van der Waals surface area contributed by atoms with E-state index in [4.69, 9.17) is 5.73 Å². The van der Waals surface area contributed by atoms with Gasteiger partial charge in [0.2, 0.25) is 0 Å². The Labute approximate surface area is 173 Å². The van der Waals surface area contributed by atoms with Crippen LogP contribution in [-0.4, -0.2) is 18.4 Å². The summed E-state index contributed by atoms with van der Waals surface area (Å²) >= 11 is 3.01. The summed E-state index contributed by atoms with van der Waals surface area (Å²) in [5, 5.41) is 3.20. The molecule has 0 saturated heterocycles. The van der Waals surface area contributed by atoms with Gasteiger partial charge in [0.25, 0.3) is 0 Å². The fourth-order valence-electron chi connectivity index (χ4n) is 2.59. The van der Waals surface area contributed by atoms with Gasteiger partial charge in [-0.15, -0.1) is 23.7 Å². The molecule has 10 heteroatoms. The van der Waals surface area contributed by atoms with Crippen molar-refractivity contribution in [3.05, 3.63) is 51.8 Å². The van der Waals surface area contributed by atoms with E-state index in [0.717, 1.165) is 19.3 Å². The zero-order valence-electron chi connectivity index (χ0n) is 14.3. The molecule has 3 aromatic rings. The molecular formula is C17H19ClN4O2S3. The maximum absolute atomic E-state index is 11.1. The van der Waals surface area contributed by atoms with E-state index in [-0.39, 0.29) is 12.4 Å². The highest BCUT2D eigenvalue weighted by atomic mass is 35.5. The molecule has 6 nitrogen and oxygen atoms in total. The average Bonchev–Trinajstić information content (AvgIpc) is 3.27. The number of nitrogens with two attached hydrogens (primary N) is 1. The van der Waals surface area contributed by atoms with Crippen LogP contribution in [0, 0.1) is 0 Å². The van der Waals surface area contributed by atoms with Gasteiger partial charge in [0.15, 0.2) is 0 Å². The van der Waals surface area contributed by atoms with Gasteiger partial charge in [0.1, 0.15) is 21.7 Å². The molecule has 0 saturated carbocycles. The summed E-state index contributed by atoms with van der Waals surface area (Å²) in [7, 11) is -2.49. The van der Waals surface area contributed by atoms with Gasteiger partial charge in [-0.2, -0.15) is 12.8 Å². The number of thiophene rings is 1. The highest BCUT2D eigenvalue weighted by Gasteiger charge is 2.19. The van der Waals surface area contributed by atoms with E-state index in [0.29, 0.717) is 27.8 Å². The lowest BCUT2D eigenvalue weighted by Crippen LogP contribution is -1.96. The van der Waals surface area contributed by atoms with Crippen LogP contribution in [0.1, 0.15) is 35.2 Å². The molecule has 0 aliphatic heterocycles. The van der Waals surface area contributed by atoms with E-state index in [1.165, 1.54) is 16.2 Å². The number of pyridine rings is 1. The Morgan fingerprint density at radius 1 is 1.19 bits per heavy atom. The number of nitrogen functional groups attached to an aromatic ring is 1. The molecule has 0 aliphatic carbocycles. The number of aryl methyl sites for hydroxylation is 1. The standard InChI is InChI=1S/C17H18N4O2S3.ClH/c18-16-15(13-8-3-4-10-19-13)20-17(25-16)14(21-26(22)23)9-2-1-6-12-7-5-11-24-12;/h3-5,7-8,10-11,14H,1-2,6,9,18H2;1H. The monoisotopic (exact) mass is 442 g/mol. The van der Waals surface area contributed by atoms with Crippen molar-refractivity contribution in [2.45, 2.75) is 31.7 Å². The van der Waals surface area contributed by atoms with E-state index in [9.17, 15) is 8.42 Å². The predicted molar refractivity (Wildman–Crippen MR) is 113 cm³/mol. The van der Waals surface area contributed by atoms with Crippen molar-refractivity contribution in [2.75, 3.05) is 5.73 Å². The van der Waals surface area contributed by atoms with Gasteiger partial charge < -0.3 is 5.73 Å². The largest absolute Gasteiger partial charge is 0.389 e. The number of rotatable bonds is 8. The summed E-state index contributed by atoms with van der Waals surface area (Å²) in [4.78, 5) is 10.1. The van der Waals surface area contributed by atoms with Crippen LogP contribution in [0.25, 0.3) is 11.4 Å². The van der Waals surface area contributed by atoms with Crippen LogP contribution in [0.2, 0.25) is 0 Å². The number of nitrogens with zero attached hydrogens (tertiary/aromatic N) is 3. The van der Waals surface area contributed by atoms with Gasteiger partial charge in [-0.25, -0.2) is 4.98 Å². The summed E-state index contributed by atoms with van der Waals surface area (Å²) in [5.74, 6) is 0. The topological polar surface area (TPSA) is 98.3 Å². The first-order valence-corrected chi connectivity index (χ1v) is 10.9. The van der Waals surface area contributed by atoms with Crippen molar-refractivity contribution in [1.29, 1.82) is 0 Å². The minimum atomic E-state index is -2.49. The molecule has 27 heavy (non-hydrogen) atoms. The van der Waals surface area contributed by atoms with E-state index >= 15 is 0 Å². The Hall–Kier alpha value is -1.81. The summed E-state index contributed by atoms with van der Waals surface area (Å²) in [5.41, 5.74) is 7.34. The Morgan fingerprint density at radius 2 is 2.04 bits per heavy atom. The first-order chi connectivity index (χ1) is 12.6. The van der Waals surface area contributed by atoms with Crippen molar-refractivity contribution in [3.8, 4) is 11.4 Å². The molecule has 0 radical (unpaired) electrons. The zero-order chi connectivity index (χ0) is 18.4. The molecule has 1 atom stereocenters. The Morgan fingerprint density at radius 3 is 2.70 bits per heavy atom. The van der Waals surface area contributed by atoms with Crippen molar-refractivity contribution in [1.82, 2.24) is 9.97 Å². The molecule has 0 aromatic carbocycles. The van der Waals surface area contributed by atoms with Crippen LogP contribution >= 0.6 is 35.1 Å². The lowest BCUT2D eigenvalue weighted by atomic mass is 10.1. The number of anilines is 1. The number of halogens is 1. The van der Waals surface area contributed by atoms with Crippen LogP contribution in [0.15, 0.2) is 46.3 Å². The molecule has 0 amide bonds.